The number of rotatable bonds is 11. The van der Waals surface area contributed by atoms with Gasteiger partial charge in [-0.05, 0) is 75.4 Å². The van der Waals surface area contributed by atoms with Crippen LogP contribution in [0.5, 0.6) is 5.75 Å². The molecule has 0 aliphatic carbocycles. The summed E-state index contributed by atoms with van der Waals surface area (Å²) < 4.78 is 47.9. The molecule has 46 heavy (non-hydrogen) atoms. The van der Waals surface area contributed by atoms with E-state index in [0.717, 1.165) is 5.56 Å². The highest BCUT2D eigenvalue weighted by molar-refractivity contribution is 6.11. The average molecular weight is 641 g/mol. The molecule has 0 fully saturated rings. The molecule has 2 N–H and O–H groups in total. The summed E-state index contributed by atoms with van der Waals surface area (Å²) in [7, 11) is 0. The van der Waals surface area contributed by atoms with Crippen molar-refractivity contribution in [2.75, 3.05) is 17.2 Å². The van der Waals surface area contributed by atoms with Gasteiger partial charge in [-0.1, -0.05) is 36.4 Å². The topological polar surface area (TPSA) is 132 Å². The van der Waals surface area contributed by atoms with Crippen LogP contribution in [0.25, 0.3) is 0 Å². The van der Waals surface area contributed by atoms with Gasteiger partial charge in [0.2, 0.25) is 0 Å². The van der Waals surface area contributed by atoms with E-state index in [9.17, 15) is 32.3 Å². The van der Waals surface area contributed by atoms with E-state index in [1.54, 1.807) is 74.6 Å². The standard InChI is InChI=1S/C33H35F3N4O6/c1-20(2)39-25-15-14-22(10-7-8-17-45-26-13-9-16-38-29(26)37)19-24(25)30(42)40(28(31(39)43)23-11-5-4-6-12-23)21(3)18-27(41)46-32(44)33(34,35)36/h4-6,9,11-16,19-21,28H,7-8,10,17-18H2,1-3H3,(H2,37,38). The number of halogens is 3. The second-order valence-corrected chi connectivity index (χ2v) is 11.2. The molecule has 0 bridgehead atoms. The predicted octanol–water partition coefficient (Wildman–Crippen LogP) is 5.41. The van der Waals surface area contributed by atoms with E-state index in [1.807, 2.05) is 6.07 Å². The molecule has 2 amide bonds. The Labute approximate surface area is 264 Å². The van der Waals surface area contributed by atoms with Crippen molar-refractivity contribution in [2.24, 2.45) is 0 Å². The third-order valence-electron chi connectivity index (χ3n) is 7.46. The zero-order valence-corrected chi connectivity index (χ0v) is 25.6. The first-order valence-corrected chi connectivity index (χ1v) is 14.8. The molecule has 2 heterocycles. The van der Waals surface area contributed by atoms with E-state index in [4.69, 9.17) is 10.5 Å². The van der Waals surface area contributed by atoms with Crippen LogP contribution >= 0.6 is 0 Å². The number of alkyl halides is 3. The fourth-order valence-electron chi connectivity index (χ4n) is 5.35. The number of aromatic nitrogens is 1. The number of carbonyl (C=O) groups excluding carboxylic acids is 4. The van der Waals surface area contributed by atoms with Gasteiger partial charge in [-0.2, -0.15) is 13.2 Å². The number of ether oxygens (including phenoxy) is 2. The van der Waals surface area contributed by atoms with E-state index in [0.29, 0.717) is 48.7 Å². The van der Waals surface area contributed by atoms with Crippen LogP contribution in [0.2, 0.25) is 0 Å². The van der Waals surface area contributed by atoms with Crippen LogP contribution in [-0.4, -0.2) is 58.5 Å². The van der Waals surface area contributed by atoms with Crippen LogP contribution in [0.1, 0.15) is 67.6 Å². The summed E-state index contributed by atoms with van der Waals surface area (Å²) in [6.07, 6.45) is -2.61. The molecule has 244 valence electrons. The van der Waals surface area contributed by atoms with E-state index >= 15 is 0 Å². The molecule has 3 aromatic rings. The highest BCUT2D eigenvalue weighted by atomic mass is 19.4. The average Bonchev–Trinajstić information content (AvgIpc) is 3.09. The third-order valence-corrected chi connectivity index (χ3v) is 7.46. The number of unbranched alkanes of at least 4 members (excludes halogenated alkanes) is 1. The maximum atomic E-state index is 14.4. The van der Waals surface area contributed by atoms with Gasteiger partial charge in [0, 0.05) is 18.3 Å². The molecule has 2 unspecified atom stereocenters. The van der Waals surface area contributed by atoms with Crippen LogP contribution in [0.3, 0.4) is 0 Å². The molecule has 0 radical (unpaired) electrons. The van der Waals surface area contributed by atoms with Crippen LogP contribution in [0, 0.1) is 0 Å². The first-order chi connectivity index (χ1) is 21.8. The highest BCUT2D eigenvalue weighted by Gasteiger charge is 2.45. The predicted molar refractivity (Wildman–Crippen MR) is 163 cm³/mol. The van der Waals surface area contributed by atoms with Gasteiger partial charge >= 0.3 is 18.1 Å². The van der Waals surface area contributed by atoms with Gasteiger partial charge < -0.3 is 25.0 Å². The molecule has 0 saturated heterocycles. The zero-order chi connectivity index (χ0) is 33.6. The lowest BCUT2D eigenvalue weighted by Gasteiger charge is -2.36. The number of benzene rings is 2. The van der Waals surface area contributed by atoms with Gasteiger partial charge in [0.25, 0.3) is 11.8 Å². The van der Waals surface area contributed by atoms with E-state index in [2.05, 4.69) is 9.72 Å². The van der Waals surface area contributed by atoms with Crippen molar-refractivity contribution < 1.29 is 41.8 Å². The zero-order valence-electron chi connectivity index (χ0n) is 25.6. The highest BCUT2D eigenvalue weighted by Crippen LogP contribution is 2.38. The minimum atomic E-state index is -5.37. The number of nitrogens with two attached hydrogens (primary N) is 1. The molecule has 0 saturated carbocycles. The van der Waals surface area contributed by atoms with Crippen LogP contribution in [-0.2, 0) is 25.5 Å². The molecule has 10 nitrogen and oxygen atoms in total. The number of carbonyl (C=O) groups is 4. The summed E-state index contributed by atoms with van der Waals surface area (Å²) in [5.74, 6) is -4.40. The first kappa shape index (κ1) is 33.9. The number of fused-ring (bicyclic) bond motifs is 1. The molecule has 1 aromatic heterocycles. The second-order valence-electron chi connectivity index (χ2n) is 11.2. The van der Waals surface area contributed by atoms with Crippen LogP contribution in [0.4, 0.5) is 24.7 Å². The van der Waals surface area contributed by atoms with Crippen molar-refractivity contribution in [3.05, 3.63) is 83.6 Å². The largest absolute Gasteiger partial charge is 0.491 e. The van der Waals surface area contributed by atoms with Crippen LogP contribution in [0.15, 0.2) is 66.9 Å². The monoisotopic (exact) mass is 640 g/mol. The quantitative estimate of drug-likeness (QED) is 0.167. The summed E-state index contributed by atoms with van der Waals surface area (Å²) in [5.41, 5.74) is 7.64. The summed E-state index contributed by atoms with van der Waals surface area (Å²) in [4.78, 5) is 59.0. The Bertz CT molecular complexity index is 1580. The van der Waals surface area contributed by atoms with Crippen molar-refractivity contribution in [1.29, 1.82) is 0 Å². The number of amides is 2. The molecule has 13 heteroatoms. The number of anilines is 2. The summed E-state index contributed by atoms with van der Waals surface area (Å²) in [6, 6.07) is 14.4. The van der Waals surface area contributed by atoms with Crippen LogP contribution < -0.4 is 15.4 Å². The van der Waals surface area contributed by atoms with Gasteiger partial charge in [0.15, 0.2) is 11.6 Å². The van der Waals surface area contributed by atoms with E-state index < -0.39 is 48.4 Å². The number of hydrogen-bond donors (Lipinski definition) is 1. The van der Waals surface area contributed by atoms with Gasteiger partial charge in [-0.25, -0.2) is 9.78 Å². The Morgan fingerprint density at radius 3 is 2.37 bits per heavy atom. The lowest BCUT2D eigenvalue weighted by atomic mass is 10.00. The number of nitrogens with zero attached hydrogens (tertiary/aromatic N) is 3. The minimum Gasteiger partial charge on any atom is -0.490 e. The molecular formula is C33H35F3N4O6. The number of nitrogen functional groups attached to an aromatic ring is 1. The molecule has 1 aliphatic heterocycles. The van der Waals surface area contributed by atoms with Gasteiger partial charge in [0.1, 0.15) is 6.04 Å². The SMILES string of the molecule is CC(C)N1C(=O)C(c2ccccc2)N(C(C)CC(=O)OC(=O)C(F)(F)F)C(=O)c2cc(CCCCOc3cccnc3N)ccc21. The summed E-state index contributed by atoms with van der Waals surface area (Å²) in [5, 5.41) is 0. The molecule has 2 aromatic carbocycles. The summed E-state index contributed by atoms with van der Waals surface area (Å²) >= 11 is 0. The Balaban J connectivity index is 1.63. The molecule has 1 aliphatic rings. The van der Waals surface area contributed by atoms with Crippen molar-refractivity contribution in [1.82, 2.24) is 9.88 Å². The van der Waals surface area contributed by atoms with Gasteiger partial charge in [0.05, 0.1) is 24.3 Å². The molecular weight excluding hydrogens is 605 g/mol. The fourth-order valence-corrected chi connectivity index (χ4v) is 5.35. The van der Waals surface area contributed by atoms with Gasteiger partial charge in [-0.3, -0.25) is 14.4 Å². The number of hydrogen-bond acceptors (Lipinski definition) is 8. The third kappa shape index (κ3) is 7.82. The minimum absolute atomic E-state index is 0.198. The summed E-state index contributed by atoms with van der Waals surface area (Å²) in [6.45, 7) is 5.42. The fraction of sp³-hybridized carbons (Fsp3) is 0.364. The maximum absolute atomic E-state index is 14.4. The lowest BCUT2D eigenvalue weighted by Crippen LogP contribution is -2.48. The van der Waals surface area contributed by atoms with Crippen molar-refractivity contribution >= 4 is 35.3 Å². The van der Waals surface area contributed by atoms with Crippen molar-refractivity contribution in [3.63, 3.8) is 0 Å². The Kier molecular flexibility index (Phi) is 10.7. The van der Waals surface area contributed by atoms with Gasteiger partial charge in [-0.15, -0.1) is 0 Å². The van der Waals surface area contributed by atoms with Crippen molar-refractivity contribution in [3.8, 4) is 5.75 Å². The smallest absolute Gasteiger partial charge is 0.490 e. The van der Waals surface area contributed by atoms with Crippen molar-refractivity contribution in [2.45, 2.75) is 70.8 Å². The second kappa shape index (κ2) is 14.4. The van der Waals surface area contributed by atoms with E-state index in [1.165, 1.54) is 16.7 Å². The Morgan fingerprint density at radius 1 is 1.00 bits per heavy atom. The molecule has 2 atom stereocenters. The molecule has 0 spiro atoms. The van der Waals surface area contributed by atoms with E-state index in [-0.39, 0.29) is 11.6 Å². The normalized spacial score (nSPS) is 15.8. The Morgan fingerprint density at radius 2 is 1.72 bits per heavy atom. The number of esters is 2. The number of aryl methyl sites for hydroxylation is 1. The Hall–Kier alpha value is -4.94. The first-order valence-electron chi connectivity index (χ1n) is 14.8. The number of pyridine rings is 1. The molecule has 4 rings (SSSR count). The maximum Gasteiger partial charge on any atom is 0.491 e. The lowest BCUT2D eigenvalue weighted by molar-refractivity contribution is -0.202.